The zero-order valence-electron chi connectivity index (χ0n) is 70.0. The average molecular weight is 1780 g/mol. The summed E-state index contributed by atoms with van der Waals surface area (Å²) in [6.07, 6.45) is 9.98. The summed E-state index contributed by atoms with van der Waals surface area (Å²) in [5.41, 5.74) is -1.26. The Labute approximate surface area is 732 Å². The SMILES string of the molecule is CC(C)(C)C[C@H]1N[C@@H](C(=O)CCCCN2CCCC2)[C@H](c2cccc(Cl)c2F)[C@@]12C(=O)Nc1cc(Cl)c(F)cc12.CC(C)(C)C[C@H]1N[C@@H](C(=O)CCCN2CCCC2)[C@H](c2cccc(Cl)c2F)[C@@]12C(=O)Nc1cc(Cl)c(F)cc12.CN1CCN(CCCNC(=O)[C@@H]2N[C@H](CC(C)(C)C)[C@]3(C(=O)Nc4cc(Cl)c(F)cc43)[C@H]2c2cccc(Cl)c2)CC1. The Bertz CT molecular complexity index is 4850. The molecule has 15 rings (SSSR count). The van der Waals surface area contributed by atoms with E-state index < -0.39 is 111 Å². The molecule has 120 heavy (non-hydrogen) atoms. The molecule has 0 radical (unpaired) electrons. The molecule has 0 aromatic heterocycles. The molecule has 9 aliphatic rings. The second kappa shape index (κ2) is 37.1. The summed E-state index contributed by atoms with van der Waals surface area (Å²) in [7, 11) is 2.13. The Morgan fingerprint density at radius 1 is 0.433 bits per heavy atom. The number of fused-ring (bicyclic) bond motifs is 6. The molecule has 0 aliphatic carbocycles. The molecule has 0 unspecified atom stereocenters. The van der Waals surface area contributed by atoms with E-state index in [1.54, 1.807) is 36.4 Å². The van der Waals surface area contributed by atoms with Gasteiger partial charge < -0.3 is 56.8 Å². The lowest BCUT2D eigenvalue weighted by atomic mass is 9.62. The Morgan fingerprint density at radius 2 is 0.800 bits per heavy atom. The van der Waals surface area contributed by atoms with Crippen molar-refractivity contribution in [2.75, 3.05) is 102 Å². The summed E-state index contributed by atoms with van der Waals surface area (Å²) in [5, 5.41) is 22.4. The Balaban J connectivity index is 0.000000156. The van der Waals surface area contributed by atoms with Crippen molar-refractivity contribution in [3.8, 4) is 0 Å². The van der Waals surface area contributed by atoms with Gasteiger partial charge in [-0.05, 0) is 234 Å². The van der Waals surface area contributed by atoms with Crippen LogP contribution in [0.2, 0.25) is 30.1 Å². The van der Waals surface area contributed by atoms with Crippen molar-refractivity contribution in [3.05, 3.63) is 190 Å². The molecule has 6 aromatic carbocycles. The maximum atomic E-state index is 15.8. The number of nitrogens with zero attached hydrogens (tertiary/aromatic N) is 4. The molecule has 17 nitrogen and oxygen atoms in total. The van der Waals surface area contributed by atoms with Gasteiger partial charge in [0.15, 0.2) is 0 Å². The fraction of sp³-hybridized carbons (Fsp3) is 0.543. The molecule has 3 spiro atoms. The number of carbonyl (C=O) groups excluding carboxylic acids is 6. The average Bonchev–Trinajstić information content (AvgIpc) is 1.55. The molecule has 12 atom stereocenters. The standard InChI is InChI=1S/C31H37Cl2F2N3O2.C31H40Cl2FN5O2.C30H35Cl2F2N3O2/c1-30(2,3)17-25-31(19-15-22(34)21(33)16-23(19)36-29(31)40)26(18-9-8-10-20(32)27(18)35)28(37-25)24(39)11-4-5-12-38-13-6-7-14-38;1-30(2,3)18-25-31(21-16-23(34)22(33)17-24(21)36-29(31)41)26(19-7-5-8-20(32)15-19)27(37-25)28(40)35-9-6-10-39-13-11-38(4)12-14-39;1-29(2,3)16-24-30(18-14-21(33)20(32)15-22(18)35-28(30)39)25(17-8-6-9-19(31)26(17)34)27(36-24)23(38)10-7-13-37-11-4-5-12-37/h8-10,15-16,25-26,28,37H,4-7,11-14,17H2,1-3H3,(H,36,40);5,7-8,15-17,25-27,37H,6,9-14,18H2,1-4H3,(H,35,40)(H,36,41);6,8-9,14-15,24-25,27,36H,4-5,7,10-13,16H2,1-3H3,(H,35,39)/t25-,26+,28+,31+;25-,26+,27-,31+;24-,25+,27+,30+/m111/s1. The van der Waals surface area contributed by atoms with Crippen LogP contribution in [-0.4, -0.2) is 177 Å². The van der Waals surface area contributed by atoms with Gasteiger partial charge in [0.2, 0.25) is 23.6 Å². The van der Waals surface area contributed by atoms with Gasteiger partial charge in [-0.2, -0.15) is 0 Å². The molecule has 9 heterocycles. The first-order valence-corrected chi connectivity index (χ1v) is 44.6. The van der Waals surface area contributed by atoms with Crippen LogP contribution < -0.4 is 37.2 Å². The zero-order chi connectivity index (χ0) is 86.5. The lowest BCUT2D eigenvalue weighted by Crippen LogP contribution is -2.49. The fourth-order valence-corrected chi connectivity index (χ4v) is 21.8. The topological polar surface area (TPSA) is 200 Å². The summed E-state index contributed by atoms with van der Waals surface area (Å²) >= 11 is 37.2. The number of Topliss-reactive ketones (excluding diaryl/α,β-unsaturated/α-hetero) is 2. The summed E-state index contributed by atoms with van der Waals surface area (Å²) in [6.45, 7) is 30.2. The Hall–Kier alpha value is -6.35. The first-order chi connectivity index (χ1) is 56.8. The Kier molecular flexibility index (Phi) is 28.2. The molecule has 7 N–H and O–H groups in total. The van der Waals surface area contributed by atoms with Crippen LogP contribution in [0.15, 0.2) is 97.1 Å². The van der Waals surface area contributed by atoms with Gasteiger partial charge in [0.1, 0.15) is 56.9 Å². The minimum Gasteiger partial charge on any atom is -0.355 e. The molecule has 0 bridgehead atoms. The van der Waals surface area contributed by atoms with Gasteiger partial charge in [-0.15, -0.1) is 0 Å². The van der Waals surface area contributed by atoms with E-state index in [4.69, 9.17) is 69.6 Å². The van der Waals surface area contributed by atoms with Crippen molar-refractivity contribution < 1.29 is 50.7 Å². The summed E-state index contributed by atoms with van der Waals surface area (Å²) in [5.74, 6) is -7.24. The maximum absolute atomic E-state index is 15.8. The number of ketones is 2. The third kappa shape index (κ3) is 18.7. The van der Waals surface area contributed by atoms with Crippen LogP contribution in [0.25, 0.3) is 0 Å². The van der Waals surface area contributed by atoms with E-state index in [-0.39, 0.29) is 82.3 Å². The molecule has 6 aromatic rings. The van der Waals surface area contributed by atoms with Gasteiger partial charge in [0.05, 0.1) is 43.2 Å². The van der Waals surface area contributed by atoms with E-state index in [1.807, 2.05) is 53.7 Å². The van der Waals surface area contributed by atoms with Crippen LogP contribution in [-0.2, 0) is 45.0 Å². The first kappa shape index (κ1) is 91.3. The summed E-state index contributed by atoms with van der Waals surface area (Å²) in [4.78, 5) is 93.8. The highest BCUT2D eigenvalue weighted by Gasteiger charge is 2.69. The van der Waals surface area contributed by atoms with Crippen molar-refractivity contribution in [1.29, 1.82) is 0 Å². The van der Waals surface area contributed by atoms with Gasteiger partial charge in [-0.25, -0.2) is 22.0 Å². The van der Waals surface area contributed by atoms with E-state index in [0.717, 1.165) is 90.4 Å². The van der Waals surface area contributed by atoms with Gasteiger partial charge >= 0.3 is 0 Å². The fourth-order valence-electron chi connectivity index (χ4n) is 20.7. The molecule has 0 saturated carbocycles. The number of benzene rings is 6. The van der Waals surface area contributed by atoms with E-state index in [0.29, 0.717) is 83.8 Å². The number of amides is 4. The number of likely N-dealkylation sites (N-methyl/N-ethyl adjacent to an activating group) is 1. The van der Waals surface area contributed by atoms with Crippen molar-refractivity contribution in [2.24, 2.45) is 16.2 Å². The summed E-state index contributed by atoms with van der Waals surface area (Å²) < 4.78 is 76.6. The van der Waals surface area contributed by atoms with E-state index in [2.05, 4.69) is 84.6 Å². The minimum absolute atomic E-state index is 0.0617. The maximum Gasteiger partial charge on any atom is 0.237 e. The van der Waals surface area contributed by atoms with E-state index in [9.17, 15) is 33.2 Å². The van der Waals surface area contributed by atoms with Crippen molar-refractivity contribution in [2.45, 2.75) is 216 Å². The van der Waals surface area contributed by atoms with Crippen LogP contribution >= 0.6 is 69.6 Å². The third-order valence-corrected chi connectivity index (χ3v) is 27.6. The van der Waals surface area contributed by atoms with Crippen molar-refractivity contribution in [1.82, 2.24) is 40.9 Å². The quantitative estimate of drug-likeness (QED) is 0.0250. The number of anilines is 3. The molecule has 6 fully saturated rings. The Morgan fingerprint density at radius 3 is 1.21 bits per heavy atom. The van der Waals surface area contributed by atoms with Crippen LogP contribution in [0, 0.1) is 45.3 Å². The predicted octanol–water partition coefficient (Wildman–Crippen LogP) is 18.0. The van der Waals surface area contributed by atoms with Crippen LogP contribution in [0.1, 0.15) is 197 Å². The number of carbonyl (C=O) groups is 6. The molecule has 4 amide bonds. The summed E-state index contributed by atoms with van der Waals surface area (Å²) in [6, 6.07) is 20.7. The molecule has 9 aliphatic heterocycles. The lowest BCUT2D eigenvalue weighted by Gasteiger charge is -2.37. The lowest BCUT2D eigenvalue weighted by molar-refractivity contribution is -0.125. The normalized spacial score (nSPS) is 26.7. The second-order valence-corrected chi connectivity index (χ2v) is 40.4. The number of hydrogen-bond donors (Lipinski definition) is 7. The van der Waals surface area contributed by atoms with Gasteiger partial charge in [-0.3, -0.25) is 28.8 Å². The molecule has 648 valence electrons. The highest BCUT2D eigenvalue weighted by atomic mass is 35.5. The molecule has 6 saturated heterocycles. The van der Waals surface area contributed by atoms with E-state index >= 15 is 17.6 Å². The second-order valence-electron chi connectivity index (χ2n) is 37.9. The van der Waals surface area contributed by atoms with Gasteiger partial charge in [0, 0.05) is 104 Å². The molecular formula is C92H112Cl6F5N11O6. The number of hydrogen-bond acceptors (Lipinski definition) is 13. The van der Waals surface area contributed by atoms with Crippen LogP contribution in [0.3, 0.4) is 0 Å². The van der Waals surface area contributed by atoms with Gasteiger partial charge in [0.25, 0.3) is 0 Å². The number of rotatable bonds is 22. The highest BCUT2D eigenvalue weighted by Crippen LogP contribution is 2.62. The minimum atomic E-state index is -1.45. The highest BCUT2D eigenvalue weighted by molar-refractivity contribution is 6.33. The third-order valence-electron chi connectivity index (χ3n) is 25.9. The number of piperazine rings is 1. The molecule has 28 heteroatoms. The number of unbranched alkanes of at least 4 members (excludes halogenated alkanes) is 1. The van der Waals surface area contributed by atoms with E-state index in [1.165, 1.54) is 74.2 Å². The number of likely N-dealkylation sites (tertiary alicyclic amines) is 2. The predicted molar refractivity (Wildman–Crippen MR) is 468 cm³/mol. The zero-order valence-corrected chi connectivity index (χ0v) is 74.5. The first-order valence-electron chi connectivity index (χ1n) is 42.3. The van der Waals surface area contributed by atoms with Crippen LogP contribution in [0.5, 0.6) is 0 Å². The van der Waals surface area contributed by atoms with Crippen LogP contribution in [0.4, 0.5) is 39.0 Å². The van der Waals surface area contributed by atoms with Crippen molar-refractivity contribution >= 4 is 122 Å². The molecular weight excluding hydrogens is 1660 g/mol. The van der Waals surface area contributed by atoms with Crippen molar-refractivity contribution in [3.63, 3.8) is 0 Å². The number of halogens is 11. The monoisotopic (exact) mass is 1770 g/mol. The van der Waals surface area contributed by atoms with Gasteiger partial charge in [-0.1, -0.05) is 168 Å². The number of nitrogens with one attached hydrogen (secondary N) is 7. The largest absolute Gasteiger partial charge is 0.355 e. The smallest absolute Gasteiger partial charge is 0.237 e.